The van der Waals surface area contributed by atoms with Crippen LogP contribution in [-0.4, -0.2) is 133 Å². The maximum Gasteiger partial charge on any atom is 0.407 e. The molecular weight excluding hydrogens is 957 g/mol. The van der Waals surface area contributed by atoms with Gasteiger partial charge in [0.25, 0.3) is 12.8 Å². The zero-order valence-electron chi connectivity index (χ0n) is 44.8. The minimum atomic E-state index is -2.00. The van der Waals surface area contributed by atoms with Crippen molar-refractivity contribution in [2.24, 2.45) is 0 Å². The van der Waals surface area contributed by atoms with Crippen LogP contribution in [0.2, 0.25) is 17.6 Å². The molecule has 3 heterocycles. The second-order valence-corrected chi connectivity index (χ2v) is 25.8. The lowest BCUT2D eigenvalue weighted by atomic mass is 9.77. The molecule has 4 aliphatic rings. The Kier molecular flexibility index (Phi) is 16.7. The fourth-order valence-electron chi connectivity index (χ4n) is 12.4. The summed E-state index contributed by atoms with van der Waals surface area (Å²) in [5, 5.41) is 31.4. The van der Waals surface area contributed by atoms with Crippen molar-refractivity contribution in [3.63, 3.8) is 0 Å². The van der Waals surface area contributed by atoms with Gasteiger partial charge in [-0.2, -0.15) is 0 Å². The Labute approximate surface area is 437 Å². The number of nitrogens with one attached hydrogen (secondary N) is 2. The van der Waals surface area contributed by atoms with Crippen molar-refractivity contribution in [1.29, 1.82) is 0 Å². The highest BCUT2D eigenvalue weighted by atomic mass is 28.4. The fraction of sp³-hybridized carbons (Fsp3) is 0.526. The number of phenolic OH excluding ortho intramolecular Hbond substituents is 2. The van der Waals surface area contributed by atoms with Gasteiger partial charge in [-0.15, -0.1) is 0 Å². The molecule has 0 radical (unpaired) electrons. The molecule has 1 amide bonds. The van der Waals surface area contributed by atoms with E-state index in [-0.39, 0.29) is 67.7 Å². The third-order valence-corrected chi connectivity index (χ3v) is 22.0. The van der Waals surface area contributed by atoms with E-state index < -0.39 is 44.7 Å². The standard InChI is InChI=1S/C57H74N6O10Si/c1-32(2)74(13,33(3)4)73-24-22-36-29-62(23-25-71-36)56(59-8)46-27-42-48(51(65)55(70-12)35(6)53(42)68-10)49(63(46)31-58-7)44-26-41-47(50(64)54(69-11)34(5)52(41)67-9)45(61-44)28-60-57(66)72-30-43-39-20-16-14-18-37(39)38-19-15-17-21-40(38)43/h14-21,32-33,36,43-46,49,56,61,64-65H,22-31H2,1-6,9-13H3,(H,60,66)/t36-,44?,45-,46?,49?,56?/m0/s1. The zero-order chi connectivity index (χ0) is 53.2. The second-order valence-electron chi connectivity index (χ2n) is 20.8. The maximum absolute atomic E-state index is 13.9. The second kappa shape index (κ2) is 22.8. The smallest absolute Gasteiger partial charge is 0.407 e. The Morgan fingerprint density at radius 1 is 0.851 bits per heavy atom. The number of hydrogen-bond acceptors (Lipinski definition) is 13. The van der Waals surface area contributed by atoms with Gasteiger partial charge in [0, 0.05) is 78.0 Å². The molecule has 3 aliphatic heterocycles. The number of phenols is 2. The van der Waals surface area contributed by atoms with E-state index in [0.717, 1.165) is 22.3 Å². The van der Waals surface area contributed by atoms with E-state index in [1.165, 1.54) is 14.2 Å². The number of ether oxygens (including phenoxy) is 6. The van der Waals surface area contributed by atoms with Crippen LogP contribution in [0.25, 0.3) is 20.8 Å². The monoisotopic (exact) mass is 1030 g/mol. The first kappa shape index (κ1) is 54.2. The van der Waals surface area contributed by atoms with Crippen LogP contribution in [0.5, 0.6) is 34.5 Å². The molecule has 74 heavy (non-hydrogen) atoms. The fourth-order valence-corrected chi connectivity index (χ4v) is 15.0. The quantitative estimate of drug-likeness (QED) is 0.0552. The maximum atomic E-state index is 13.9. The van der Waals surface area contributed by atoms with E-state index in [1.54, 1.807) is 14.2 Å². The first-order valence-electron chi connectivity index (χ1n) is 25.8. The lowest BCUT2D eigenvalue weighted by Gasteiger charge is -2.48. The van der Waals surface area contributed by atoms with Gasteiger partial charge in [-0.3, -0.25) is 9.69 Å². The van der Waals surface area contributed by atoms with E-state index in [4.69, 9.17) is 46.0 Å². The van der Waals surface area contributed by atoms with Crippen LogP contribution >= 0.6 is 0 Å². The molecule has 4 aromatic carbocycles. The number of aromatic hydroxyl groups is 2. The number of carbonyl (C=O) groups is 1. The third-order valence-electron chi connectivity index (χ3n) is 16.6. The molecule has 1 fully saturated rings. The van der Waals surface area contributed by atoms with Gasteiger partial charge in [0.15, 0.2) is 31.3 Å². The molecule has 8 rings (SSSR count). The lowest BCUT2D eigenvalue weighted by molar-refractivity contribution is -0.0615. The Hall–Kier alpha value is -6.05. The summed E-state index contributed by atoms with van der Waals surface area (Å²) in [6, 6.07) is 13.5. The highest BCUT2D eigenvalue weighted by Gasteiger charge is 2.53. The number of alkyl carbamates (subject to hydrolysis) is 1. The first-order chi connectivity index (χ1) is 35.6. The number of amides is 1. The van der Waals surface area contributed by atoms with Crippen molar-refractivity contribution in [1.82, 2.24) is 20.4 Å². The molecule has 4 unspecified atom stereocenters. The van der Waals surface area contributed by atoms with Crippen LogP contribution in [0.1, 0.15) is 96.6 Å². The van der Waals surface area contributed by atoms with Gasteiger partial charge in [0.05, 0.1) is 53.2 Å². The number of fused-ring (bicyclic) bond motifs is 5. The third kappa shape index (κ3) is 9.86. The Bertz CT molecular complexity index is 2740. The van der Waals surface area contributed by atoms with Crippen LogP contribution in [0.15, 0.2) is 48.5 Å². The summed E-state index contributed by atoms with van der Waals surface area (Å²) in [6.07, 6.45) is -0.343. The average Bonchev–Trinajstić information content (AvgIpc) is 3.71. The number of rotatable bonds is 18. The van der Waals surface area contributed by atoms with Crippen molar-refractivity contribution < 1.29 is 47.9 Å². The molecule has 6 atom stereocenters. The first-order valence-corrected chi connectivity index (χ1v) is 28.4. The number of hydrogen-bond donors (Lipinski definition) is 4. The Morgan fingerprint density at radius 2 is 1.42 bits per heavy atom. The molecule has 0 spiro atoms. The predicted molar refractivity (Wildman–Crippen MR) is 286 cm³/mol. The van der Waals surface area contributed by atoms with Crippen molar-refractivity contribution in [2.45, 2.75) is 121 Å². The summed E-state index contributed by atoms with van der Waals surface area (Å²) in [5.74, 6) is 1.14. The molecule has 0 bridgehead atoms. The van der Waals surface area contributed by atoms with Crippen LogP contribution in [0.3, 0.4) is 0 Å². The van der Waals surface area contributed by atoms with Crippen molar-refractivity contribution in [3.05, 3.63) is 116 Å². The molecule has 1 saturated heterocycles. The van der Waals surface area contributed by atoms with E-state index in [0.29, 0.717) is 88.7 Å². The van der Waals surface area contributed by atoms with Crippen LogP contribution in [0.4, 0.5) is 4.79 Å². The van der Waals surface area contributed by atoms with Gasteiger partial charge >= 0.3 is 6.09 Å². The topological polar surface area (TPSA) is 161 Å². The van der Waals surface area contributed by atoms with Gasteiger partial charge < -0.3 is 53.7 Å². The highest BCUT2D eigenvalue weighted by Crippen LogP contribution is 2.55. The minimum absolute atomic E-state index is 0.0407. The van der Waals surface area contributed by atoms with E-state index in [1.807, 2.05) is 43.0 Å². The lowest BCUT2D eigenvalue weighted by Crippen LogP contribution is -2.61. The molecule has 396 valence electrons. The molecule has 16 nitrogen and oxygen atoms in total. The molecule has 17 heteroatoms. The van der Waals surface area contributed by atoms with Gasteiger partial charge in [-0.1, -0.05) is 76.2 Å². The Balaban J connectivity index is 1.16. The Morgan fingerprint density at radius 3 is 1.97 bits per heavy atom. The summed E-state index contributed by atoms with van der Waals surface area (Å²) in [5.41, 5.74) is 8.84. The van der Waals surface area contributed by atoms with Gasteiger partial charge in [0.1, 0.15) is 24.1 Å². The number of methoxy groups -OCH3 is 4. The average molecular weight is 1030 g/mol. The van der Waals surface area contributed by atoms with Crippen molar-refractivity contribution >= 4 is 14.4 Å². The molecule has 4 N–H and O–H groups in total. The summed E-state index contributed by atoms with van der Waals surface area (Å²) in [4.78, 5) is 26.5. The van der Waals surface area contributed by atoms with Gasteiger partial charge in [-0.25, -0.2) is 27.7 Å². The largest absolute Gasteiger partial charge is 0.504 e. The van der Waals surface area contributed by atoms with Crippen LogP contribution < -0.4 is 29.6 Å². The summed E-state index contributed by atoms with van der Waals surface area (Å²) in [7, 11) is 4.14. The summed E-state index contributed by atoms with van der Waals surface area (Å²) >= 11 is 0. The molecule has 0 aromatic heterocycles. The molecule has 1 aliphatic carbocycles. The number of benzene rings is 4. The number of carbonyl (C=O) groups excluding carboxylic acids is 1. The van der Waals surface area contributed by atoms with Crippen molar-refractivity contribution in [2.75, 3.05) is 74.6 Å². The number of nitrogens with zero attached hydrogens (tertiary/aromatic N) is 4. The van der Waals surface area contributed by atoms with Crippen molar-refractivity contribution in [3.8, 4) is 45.6 Å². The van der Waals surface area contributed by atoms with Gasteiger partial charge in [-0.05, 0) is 66.6 Å². The zero-order valence-corrected chi connectivity index (χ0v) is 45.8. The minimum Gasteiger partial charge on any atom is -0.504 e. The molecular formula is C57H74N6O10Si. The summed E-state index contributed by atoms with van der Waals surface area (Å²) < 4.78 is 43.1. The summed E-state index contributed by atoms with van der Waals surface area (Å²) in [6.45, 7) is 34.2. The van der Waals surface area contributed by atoms with E-state index in [9.17, 15) is 15.0 Å². The SMILES string of the molecule is [C-]#[N+]CN1C(C([N+]#[C-])N2CCO[C@@H](CCO[Si](C)(C(C)C)C(C)C)C2)Cc2c(OC)c(C)c(OC)c(O)c2C1C1Cc2c(OC)c(C)c(OC)c(O)c2[C@H](CNC(=O)OCC2c3ccccc3-c3ccccc32)N1. The van der Waals surface area contributed by atoms with E-state index in [2.05, 4.69) is 83.7 Å². The normalized spacial score (nSPS) is 21.1. The van der Waals surface area contributed by atoms with Gasteiger partial charge in [0.2, 0.25) is 0 Å². The molecule has 4 aromatic rings. The molecule has 0 saturated carbocycles. The van der Waals surface area contributed by atoms with E-state index >= 15 is 0 Å². The van der Waals surface area contributed by atoms with Crippen LogP contribution in [-0.2, 0) is 26.7 Å². The predicted octanol–water partition coefficient (Wildman–Crippen LogP) is 9.44. The van der Waals surface area contributed by atoms with Crippen LogP contribution in [0, 0.1) is 27.0 Å². The number of morpholine rings is 1. The highest BCUT2D eigenvalue weighted by molar-refractivity contribution is 6.75.